The molecule has 0 saturated heterocycles. The lowest BCUT2D eigenvalue weighted by Crippen LogP contribution is -2.32. The molecule has 18 heavy (non-hydrogen) atoms. The van der Waals surface area contributed by atoms with Crippen molar-refractivity contribution in [1.29, 1.82) is 0 Å². The van der Waals surface area contributed by atoms with Gasteiger partial charge in [-0.2, -0.15) is 0 Å². The van der Waals surface area contributed by atoms with Crippen molar-refractivity contribution in [2.45, 2.75) is 13.0 Å². The summed E-state index contributed by atoms with van der Waals surface area (Å²) < 4.78 is 0. The first-order chi connectivity index (χ1) is 8.32. The number of amides is 2. The fourth-order valence-corrected chi connectivity index (χ4v) is 1.46. The molecule has 5 nitrogen and oxygen atoms in total. The molecular formula is C12H16ClN3O2. The Hall–Kier alpha value is -1.59. The quantitative estimate of drug-likeness (QED) is 0.869. The maximum atomic E-state index is 11.8. The van der Waals surface area contributed by atoms with E-state index >= 15 is 0 Å². The van der Waals surface area contributed by atoms with Crippen LogP contribution >= 0.6 is 11.6 Å². The number of benzene rings is 1. The average Bonchev–Trinajstić information content (AvgIpc) is 2.30. The van der Waals surface area contributed by atoms with E-state index in [4.69, 9.17) is 17.3 Å². The Morgan fingerprint density at radius 2 is 2.00 bits per heavy atom. The molecule has 1 atom stereocenters. The Bertz CT molecular complexity index is 472. The standard InChI is InChI=1S/C12H16ClN3O2/c1-7(14)11(17)15-8-4-5-10(13)9(6-8)12(18)16(2)3/h4-7H,14H2,1-3H3,(H,15,17)/t7-/m0/s1. The third kappa shape index (κ3) is 3.45. The minimum atomic E-state index is -0.617. The normalized spacial score (nSPS) is 11.8. The Balaban J connectivity index is 3.01. The Kier molecular flexibility index (Phi) is 4.69. The molecule has 98 valence electrons. The zero-order valence-electron chi connectivity index (χ0n) is 10.5. The summed E-state index contributed by atoms with van der Waals surface area (Å²) >= 11 is 5.95. The summed E-state index contributed by atoms with van der Waals surface area (Å²) in [5.74, 6) is -0.544. The van der Waals surface area contributed by atoms with Crippen LogP contribution in [0.2, 0.25) is 5.02 Å². The van der Waals surface area contributed by atoms with Crippen molar-refractivity contribution in [3.8, 4) is 0 Å². The van der Waals surface area contributed by atoms with Gasteiger partial charge in [-0.05, 0) is 25.1 Å². The number of hydrogen-bond acceptors (Lipinski definition) is 3. The van der Waals surface area contributed by atoms with Gasteiger partial charge in [0.2, 0.25) is 5.91 Å². The van der Waals surface area contributed by atoms with Gasteiger partial charge in [-0.25, -0.2) is 0 Å². The van der Waals surface area contributed by atoms with Gasteiger partial charge in [0.05, 0.1) is 16.6 Å². The van der Waals surface area contributed by atoms with Crippen LogP contribution in [0.5, 0.6) is 0 Å². The summed E-state index contributed by atoms with van der Waals surface area (Å²) in [4.78, 5) is 24.7. The van der Waals surface area contributed by atoms with Crippen molar-refractivity contribution in [2.24, 2.45) is 5.73 Å². The first kappa shape index (κ1) is 14.5. The molecule has 0 radical (unpaired) electrons. The van der Waals surface area contributed by atoms with E-state index in [0.717, 1.165) is 0 Å². The van der Waals surface area contributed by atoms with Crippen LogP contribution in [0.1, 0.15) is 17.3 Å². The smallest absolute Gasteiger partial charge is 0.254 e. The predicted octanol–water partition coefficient (Wildman–Crippen LogP) is 1.33. The van der Waals surface area contributed by atoms with Gasteiger partial charge in [-0.3, -0.25) is 9.59 Å². The van der Waals surface area contributed by atoms with Gasteiger partial charge in [0, 0.05) is 19.8 Å². The molecule has 1 aromatic carbocycles. The Morgan fingerprint density at radius 1 is 1.39 bits per heavy atom. The fourth-order valence-electron chi connectivity index (χ4n) is 1.26. The molecule has 0 heterocycles. The second kappa shape index (κ2) is 5.84. The third-order valence-corrected chi connectivity index (χ3v) is 2.61. The van der Waals surface area contributed by atoms with E-state index < -0.39 is 6.04 Å². The molecule has 0 aliphatic carbocycles. The molecule has 1 aromatic rings. The summed E-state index contributed by atoms with van der Waals surface area (Å²) in [6, 6.07) is 4.10. The molecule has 0 spiro atoms. The first-order valence-corrected chi connectivity index (χ1v) is 5.78. The molecule has 0 bridgehead atoms. The van der Waals surface area contributed by atoms with E-state index in [2.05, 4.69) is 5.32 Å². The molecule has 0 aliphatic heterocycles. The number of rotatable bonds is 3. The minimum Gasteiger partial charge on any atom is -0.345 e. The van der Waals surface area contributed by atoms with Gasteiger partial charge in [0.25, 0.3) is 5.91 Å². The van der Waals surface area contributed by atoms with Gasteiger partial charge < -0.3 is 16.0 Å². The van der Waals surface area contributed by atoms with E-state index in [9.17, 15) is 9.59 Å². The van der Waals surface area contributed by atoms with Crippen molar-refractivity contribution >= 4 is 29.1 Å². The predicted molar refractivity (Wildman–Crippen MR) is 71.7 cm³/mol. The van der Waals surface area contributed by atoms with Gasteiger partial charge in [0.15, 0.2) is 0 Å². The molecule has 0 saturated carbocycles. The van der Waals surface area contributed by atoms with Crippen LogP contribution < -0.4 is 11.1 Å². The molecule has 0 aliphatic rings. The van der Waals surface area contributed by atoms with Gasteiger partial charge in [-0.1, -0.05) is 11.6 Å². The number of hydrogen-bond donors (Lipinski definition) is 2. The van der Waals surface area contributed by atoms with E-state index in [-0.39, 0.29) is 11.8 Å². The van der Waals surface area contributed by atoms with Crippen LogP contribution in [0.15, 0.2) is 18.2 Å². The van der Waals surface area contributed by atoms with Gasteiger partial charge in [-0.15, -0.1) is 0 Å². The zero-order chi connectivity index (χ0) is 13.9. The lowest BCUT2D eigenvalue weighted by molar-refractivity contribution is -0.117. The highest BCUT2D eigenvalue weighted by atomic mass is 35.5. The Labute approximate surface area is 111 Å². The number of carbonyl (C=O) groups excluding carboxylic acids is 2. The minimum absolute atomic E-state index is 0.225. The SMILES string of the molecule is C[C@H](N)C(=O)Nc1ccc(Cl)c(C(=O)N(C)C)c1. The van der Waals surface area contributed by atoms with Crippen LogP contribution in [0.3, 0.4) is 0 Å². The number of nitrogens with one attached hydrogen (secondary N) is 1. The number of anilines is 1. The highest BCUT2D eigenvalue weighted by Gasteiger charge is 2.14. The van der Waals surface area contributed by atoms with E-state index in [1.165, 1.54) is 11.0 Å². The van der Waals surface area contributed by atoms with Crippen molar-refractivity contribution in [2.75, 3.05) is 19.4 Å². The largest absolute Gasteiger partial charge is 0.345 e. The summed E-state index contributed by atoms with van der Waals surface area (Å²) in [5.41, 5.74) is 6.28. The maximum Gasteiger partial charge on any atom is 0.254 e. The van der Waals surface area contributed by atoms with Gasteiger partial charge >= 0.3 is 0 Å². The van der Waals surface area contributed by atoms with E-state index in [1.54, 1.807) is 33.2 Å². The number of nitrogens with zero attached hydrogens (tertiary/aromatic N) is 1. The van der Waals surface area contributed by atoms with Crippen molar-refractivity contribution in [3.63, 3.8) is 0 Å². The number of nitrogens with two attached hydrogens (primary N) is 1. The number of carbonyl (C=O) groups is 2. The monoisotopic (exact) mass is 269 g/mol. The molecule has 2 amide bonds. The van der Waals surface area contributed by atoms with Crippen LogP contribution in [0.4, 0.5) is 5.69 Å². The summed E-state index contributed by atoms with van der Waals surface area (Å²) in [7, 11) is 3.26. The average molecular weight is 270 g/mol. The molecule has 1 rings (SSSR count). The van der Waals surface area contributed by atoms with Gasteiger partial charge in [0.1, 0.15) is 0 Å². The van der Waals surface area contributed by atoms with Crippen molar-refractivity contribution in [3.05, 3.63) is 28.8 Å². The van der Waals surface area contributed by atoms with Crippen molar-refractivity contribution < 1.29 is 9.59 Å². The third-order valence-electron chi connectivity index (χ3n) is 2.28. The first-order valence-electron chi connectivity index (χ1n) is 5.40. The van der Waals surface area contributed by atoms with Crippen LogP contribution in [-0.2, 0) is 4.79 Å². The van der Waals surface area contributed by atoms with E-state index in [0.29, 0.717) is 16.3 Å². The lowest BCUT2D eigenvalue weighted by atomic mass is 10.1. The highest BCUT2D eigenvalue weighted by Crippen LogP contribution is 2.21. The van der Waals surface area contributed by atoms with Crippen LogP contribution in [0, 0.1) is 0 Å². The molecular weight excluding hydrogens is 254 g/mol. The van der Waals surface area contributed by atoms with Crippen molar-refractivity contribution in [1.82, 2.24) is 4.90 Å². The Morgan fingerprint density at radius 3 is 2.50 bits per heavy atom. The fraction of sp³-hybridized carbons (Fsp3) is 0.333. The molecule has 0 aromatic heterocycles. The van der Waals surface area contributed by atoms with Crippen LogP contribution in [0.25, 0.3) is 0 Å². The lowest BCUT2D eigenvalue weighted by Gasteiger charge is -2.13. The second-order valence-corrected chi connectivity index (χ2v) is 4.58. The van der Waals surface area contributed by atoms with E-state index in [1.807, 2.05) is 0 Å². The molecule has 3 N–H and O–H groups in total. The molecule has 0 unspecified atom stereocenters. The summed E-state index contributed by atoms with van der Waals surface area (Å²) in [6.07, 6.45) is 0. The van der Waals surface area contributed by atoms with Crippen LogP contribution in [-0.4, -0.2) is 36.9 Å². The molecule has 6 heteroatoms. The number of halogens is 1. The maximum absolute atomic E-state index is 11.8. The molecule has 0 fully saturated rings. The summed E-state index contributed by atoms with van der Waals surface area (Å²) in [6.45, 7) is 1.58. The zero-order valence-corrected chi connectivity index (χ0v) is 11.3. The second-order valence-electron chi connectivity index (χ2n) is 4.17. The summed E-state index contributed by atoms with van der Waals surface area (Å²) in [5, 5.41) is 2.95. The topological polar surface area (TPSA) is 75.4 Å². The highest BCUT2D eigenvalue weighted by molar-refractivity contribution is 6.34.